The number of methoxy groups -OCH3 is 2. The average molecular weight is 338 g/mol. The van der Waals surface area contributed by atoms with Crippen molar-refractivity contribution in [2.75, 3.05) is 19.5 Å². The third-order valence-corrected chi connectivity index (χ3v) is 3.60. The lowest BCUT2D eigenvalue weighted by atomic mass is 10.2. The Labute approximate surface area is 139 Å². The second-order valence-corrected chi connectivity index (χ2v) is 5.41. The zero-order chi connectivity index (χ0) is 16.8. The van der Waals surface area contributed by atoms with Crippen LogP contribution in [-0.2, 0) is 6.42 Å². The zero-order valence-electron chi connectivity index (χ0n) is 13.4. The maximum absolute atomic E-state index is 11.8. The van der Waals surface area contributed by atoms with Crippen LogP contribution >= 0.6 is 11.6 Å². The molecule has 0 aliphatic heterocycles. The smallest absolute Gasteiger partial charge is 0.252 e. The minimum atomic E-state index is -0.200. The molecule has 0 saturated heterocycles. The molecule has 7 heteroatoms. The predicted molar refractivity (Wildman–Crippen MR) is 91.3 cm³/mol. The molecule has 0 fully saturated rings. The minimum Gasteiger partial charge on any atom is -0.495 e. The molecule has 1 aromatic heterocycles. The predicted octanol–water partition coefficient (Wildman–Crippen LogP) is 3.53. The van der Waals surface area contributed by atoms with E-state index >= 15 is 0 Å². The number of anilines is 2. The van der Waals surface area contributed by atoms with Gasteiger partial charge in [-0.3, -0.25) is 9.78 Å². The highest BCUT2D eigenvalue weighted by molar-refractivity contribution is 6.32. The summed E-state index contributed by atoms with van der Waals surface area (Å²) in [4.78, 5) is 18.9. The molecule has 0 saturated carbocycles. The molecule has 0 unspecified atom stereocenters. The van der Waals surface area contributed by atoms with Gasteiger partial charge in [0.05, 0.1) is 24.9 Å². The summed E-state index contributed by atoms with van der Waals surface area (Å²) in [6.07, 6.45) is 2.78. The minimum absolute atomic E-state index is 0.200. The summed E-state index contributed by atoms with van der Waals surface area (Å²) in [7, 11) is 3.07. The number of aromatic nitrogens is 2. The van der Waals surface area contributed by atoms with Crippen molar-refractivity contribution < 1.29 is 9.47 Å². The SMILES string of the molecule is CCCCc1cc(=O)[nH]c(Nc2cc(OC)c(Cl)cc2OC)n1. The van der Waals surface area contributed by atoms with E-state index in [0.29, 0.717) is 28.2 Å². The van der Waals surface area contributed by atoms with Gasteiger partial charge in [-0.15, -0.1) is 0 Å². The van der Waals surface area contributed by atoms with E-state index in [0.717, 1.165) is 25.0 Å². The Morgan fingerprint density at radius 2 is 1.96 bits per heavy atom. The monoisotopic (exact) mass is 337 g/mol. The second-order valence-electron chi connectivity index (χ2n) is 5.00. The van der Waals surface area contributed by atoms with E-state index in [1.165, 1.54) is 20.3 Å². The van der Waals surface area contributed by atoms with Gasteiger partial charge in [0.25, 0.3) is 5.56 Å². The van der Waals surface area contributed by atoms with Crippen LogP contribution in [0.1, 0.15) is 25.5 Å². The molecule has 1 heterocycles. The molecule has 0 aliphatic rings. The van der Waals surface area contributed by atoms with Gasteiger partial charge in [0.15, 0.2) is 0 Å². The summed E-state index contributed by atoms with van der Waals surface area (Å²) in [6, 6.07) is 4.85. The second kappa shape index (κ2) is 7.87. The van der Waals surface area contributed by atoms with Crippen molar-refractivity contribution in [1.82, 2.24) is 9.97 Å². The quantitative estimate of drug-likeness (QED) is 0.808. The lowest BCUT2D eigenvalue weighted by Gasteiger charge is -2.13. The molecule has 0 bridgehead atoms. The Balaban J connectivity index is 2.34. The van der Waals surface area contributed by atoms with Crippen molar-refractivity contribution in [1.29, 1.82) is 0 Å². The summed E-state index contributed by atoms with van der Waals surface area (Å²) in [5, 5.41) is 3.49. The number of ether oxygens (including phenoxy) is 2. The number of H-pyrrole nitrogens is 1. The highest BCUT2D eigenvalue weighted by Gasteiger charge is 2.11. The van der Waals surface area contributed by atoms with Crippen molar-refractivity contribution in [2.45, 2.75) is 26.2 Å². The molecule has 23 heavy (non-hydrogen) atoms. The Hall–Kier alpha value is -2.21. The third-order valence-electron chi connectivity index (χ3n) is 3.31. The number of rotatable bonds is 7. The Bertz CT molecular complexity index is 731. The number of aryl methyl sites for hydroxylation is 1. The zero-order valence-corrected chi connectivity index (χ0v) is 14.2. The topological polar surface area (TPSA) is 76.2 Å². The first-order valence-electron chi connectivity index (χ1n) is 7.36. The van der Waals surface area contributed by atoms with Crippen LogP contribution in [-0.4, -0.2) is 24.2 Å². The molecule has 0 radical (unpaired) electrons. The van der Waals surface area contributed by atoms with Gasteiger partial charge in [0.1, 0.15) is 11.5 Å². The van der Waals surface area contributed by atoms with Gasteiger partial charge < -0.3 is 14.8 Å². The van der Waals surface area contributed by atoms with Crippen LogP contribution in [0.3, 0.4) is 0 Å². The number of benzene rings is 1. The number of hydrogen-bond acceptors (Lipinski definition) is 5. The third kappa shape index (κ3) is 4.39. The van der Waals surface area contributed by atoms with Gasteiger partial charge in [0, 0.05) is 23.9 Å². The fourth-order valence-corrected chi connectivity index (χ4v) is 2.37. The fraction of sp³-hybridized carbons (Fsp3) is 0.375. The largest absolute Gasteiger partial charge is 0.495 e. The molecule has 2 rings (SSSR count). The molecule has 0 amide bonds. The molecule has 0 atom stereocenters. The van der Waals surface area contributed by atoms with Crippen molar-refractivity contribution in [2.24, 2.45) is 0 Å². The molecule has 124 valence electrons. The van der Waals surface area contributed by atoms with Gasteiger partial charge in [-0.25, -0.2) is 4.98 Å². The van der Waals surface area contributed by atoms with E-state index in [4.69, 9.17) is 21.1 Å². The maximum Gasteiger partial charge on any atom is 0.252 e. The maximum atomic E-state index is 11.8. The van der Waals surface area contributed by atoms with Gasteiger partial charge >= 0.3 is 0 Å². The van der Waals surface area contributed by atoms with Crippen LogP contribution in [0.4, 0.5) is 11.6 Å². The Morgan fingerprint density at radius 1 is 1.22 bits per heavy atom. The van der Waals surface area contributed by atoms with Crippen molar-refractivity contribution in [3.8, 4) is 11.5 Å². The highest BCUT2D eigenvalue weighted by atomic mass is 35.5. The normalized spacial score (nSPS) is 10.4. The van der Waals surface area contributed by atoms with Crippen LogP contribution in [0.25, 0.3) is 0 Å². The van der Waals surface area contributed by atoms with E-state index in [9.17, 15) is 4.79 Å². The van der Waals surface area contributed by atoms with Crippen LogP contribution < -0.4 is 20.3 Å². The number of nitrogens with zero attached hydrogens (tertiary/aromatic N) is 1. The molecular formula is C16H20ClN3O3. The summed E-state index contributed by atoms with van der Waals surface area (Å²) in [5.41, 5.74) is 1.15. The Morgan fingerprint density at radius 3 is 2.61 bits per heavy atom. The standard InChI is InChI=1S/C16H20ClN3O3/c1-4-5-6-10-7-15(21)20-16(18-10)19-12-9-13(22-2)11(17)8-14(12)23-3/h7-9H,4-6H2,1-3H3,(H2,18,19,20,21). The first-order chi connectivity index (χ1) is 11.1. The lowest BCUT2D eigenvalue weighted by Crippen LogP contribution is -2.12. The van der Waals surface area contributed by atoms with Crippen LogP contribution in [0.2, 0.25) is 5.02 Å². The van der Waals surface area contributed by atoms with E-state index in [-0.39, 0.29) is 5.56 Å². The summed E-state index contributed by atoms with van der Waals surface area (Å²) >= 11 is 6.08. The van der Waals surface area contributed by atoms with Crippen molar-refractivity contribution in [3.63, 3.8) is 0 Å². The summed E-state index contributed by atoms with van der Waals surface area (Å²) < 4.78 is 10.5. The van der Waals surface area contributed by atoms with E-state index in [2.05, 4.69) is 22.2 Å². The van der Waals surface area contributed by atoms with E-state index in [1.807, 2.05) is 0 Å². The van der Waals surface area contributed by atoms with Gasteiger partial charge in [0.2, 0.25) is 5.95 Å². The van der Waals surface area contributed by atoms with Gasteiger partial charge in [-0.1, -0.05) is 24.9 Å². The molecule has 0 aliphatic carbocycles. The molecule has 1 aromatic carbocycles. The molecule has 0 spiro atoms. The first-order valence-corrected chi connectivity index (χ1v) is 7.74. The number of halogens is 1. The van der Waals surface area contributed by atoms with Crippen LogP contribution in [0.5, 0.6) is 11.5 Å². The number of hydrogen-bond donors (Lipinski definition) is 2. The first kappa shape index (κ1) is 17.1. The summed E-state index contributed by atoms with van der Waals surface area (Å²) in [6.45, 7) is 2.09. The highest BCUT2D eigenvalue weighted by Crippen LogP contribution is 2.36. The van der Waals surface area contributed by atoms with Gasteiger partial charge in [-0.05, 0) is 12.8 Å². The van der Waals surface area contributed by atoms with Crippen LogP contribution in [0.15, 0.2) is 23.0 Å². The number of nitrogens with one attached hydrogen (secondary N) is 2. The summed E-state index contributed by atoms with van der Waals surface area (Å²) in [5.74, 6) is 1.38. The van der Waals surface area contributed by atoms with Crippen molar-refractivity contribution in [3.05, 3.63) is 39.3 Å². The molecule has 2 N–H and O–H groups in total. The molecular weight excluding hydrogens is 318 g/mol. The van der Waals surface area contributed by atoms with Gasteiger partial charge in [-0.2, -0.15) is 0 Å². The number of unbranched alkanes of at least 4 members (excludes halogenated alkanes) is 1. The van der Waals surface area contributed by atoms with Crippen molar-refractivity contribution >= 4 is 23.2 Å². The fourth-order valence-electron chi connectivity index (χ4n) is 2.14. The van der Waals surface area contributed by atoms with E-state index < -0.39 is 0 Å². The average Bonchev–Trinajstić information content (AvgIpc) is 2.53. The van der Waals surface area contributed by atoms with Crippen LogP contribution in [0, 0.1) is 0 Å². The molecule has 6 nitrogen and oxygen atoms in total. The molecule has 2 aromatic rings. The number of aromatic amines is 1. The Kier molecular flexibility index (Phi) is 5.87. The van der Waals surface area contributed by atoms with E-state index in [1.54, 1.807) is 12.1 Å². The lowest BCUT2D eigenvalue weighted by molar-refractivity contribution is 0.405.